The van der Waals surface area contributed by atoms with Crippen molar-refractivity contribution in [1.82, 2.24) is 0 Å². The van der Waals surface area contributed by atoms with Crippen LogP contribution in [0.5, 0.6) is 5.75 Å². The van der Waals surface area contributed by atoms with Gasteiger partial charge < -0.3 is 10.2 Å². The maximum atomic E-state index is 13.3. The van der Waals surface area contributed by atoms with Gasteiger partial charge in [0.1, 0.15) is 17.2 Å². The average molecular weight is 308 g/mol. The largest absolute Gasteiger partial charge is 0.508 e. The molecule has 0 amide bonds. The van der Waals surface area contributed by atoms with Gasteiger partial charge in [-0.05, 0) is 47.9 Å². The molecule has 0 spiro atoms. The molecule has 2 nitrogen and oxygen atoms in total. The summed E-state index contributed by atoms with van der Waals surface area (Å²) in [5, 5.41) is 21.0. The van der Waals surface area contributed by atoms with Crippen molar-refractivity contribution in [3.63, 3.8) is 0 Å². The molecule has 0 aliphatic carbocycles. The monoisotopic (exact) mass is 308 g/mol. The van der Waals surface area contributed by atoms with Gasteiger partial charge in [-0.2, -0.15) is 0 Å². The fourth-order valence-electron chi connectivity index (χ4n) is 2.69. The van der Waals surface area contributed by atoms with Crippen LogP contribution in [0.3, 0.4) is 0 Å². The van der Waals surface area contributed by atoms with E-state index < -0.39 is 5.60 Å². The van der Waals surface area contributed by atoms with Crippen molar-refractivity contribution in [1.29, 1.82) is 0 Å². The van der Waals surface area contributed by atoms with E-state index >= 15 is 0 Å². The van der Waals surface area contributed by atoms with Crippen molar-refractivity contribution in [2.45, 2.75) is 12.5 Å². The predicted octanol–water partition coefficient (Wildman–Crippen LogP) is 4.12. The number of benzene rings is 3. The zero-order valence-electron chi connectivity index (χ0n) is 12.7. The first-order valence-corrected chi connectivity index (χ1v) is 7.35. The molecule has 3 aromatic rings. The zero-order chi connectivity index (χ0) is 16.4. The van der Waals surface area contributed by atoms with E-state index in [2.05, 4.69) is 0 Å². The number of aliphatic hydroxyl groups is 1. The molecule has 23 heavy (non-hydrogen) atoms. The van der Waals surface area contributed by atoms with E-state index in [1.807, 2.05) is 31.2 Å². The number of halogens is 1. The van der Waals surface area contributed by atoms with Crippen LogP contribution in [0.4, 0.5) is 4.39 Å². The van der Waals surface area contributed by atoms with Crippen LogP contribution < -0.4 is 0 Å². The Kier molecular flexibility index (Phi) is 3.89. The van der Waals surface area contributed by atoms with Gasteiger partial charge in [0, 0.05) is 0 Å². The molecule has 0 heterocycles. The Morgan fingerprint density at radius 1 is 0.696 bits per heavy atom. The lowest BCUT2D eigenvalue weighted by molar-refractivity contribution is 0.125. The van der Waals surface area contributed by atoms with Gasteiger partial charge in [0.05, 0.1) is 0 Å². The molecular weight excluding hydrogens is 291 g/mol. The van der Waals surface area contributed by atoms with Crippen LogP contribution in [0.1, 0.15) is 22.3 Å². The van der Waals surface area contributed by atoms with Crippen molar-refractivity contribution in [3.8, 4) is 5.75 Å². The molecule has 3 rings (SSSR count). The summed E-state index contributed by atoms with van der Waals surface area (Å²) in [4.78, 5) is 0. The highest BCUT2D eigenvalue weighted by atomic mass is 19.1. The molecule has 0 aliphatic heterocycles. The third-order valence-corrected chi connectivity index (χ3v) is 4.02. The summed E-state index contributed by atoms with van der Waals surface area (Å²) < 4.78 is 13.3. The van der Waals surface area contributed by atoms with Gasteiger partial charge in [0.15, 0.2) is 0 Å². The quantitative estimate of drug-likeness (QED) is 0.714. The lowest BCUT2D eigenvalue weighted by Crippen LogP contribution is -2.28. The van der Waals surface area contributed by atoms with Gasteiger partial charge in [-0.1, -0.05) is 54.1 Å². The smallest absolute Gasteiger partial charge is 0.140 e. The molecule has 1 unspecified atom stereocenters. The molecule has 0 bridgehead atoms. The highest BCUT2D eigenvalue weighted by Gasteiger charge is 2.33. The molecular formula is C20H17FO2. The van der Waals surface area contributed by atoms with Crippen LogP contribution in [-0.2, 0) is 5.60 Å². The second-order valence-corrected chi connectivity index (χ2v) is 5.63. The van der Waals surface area contributed by atoms with Crippen molar-refractivity contribution < 1.29 is 14.6 Å². The van der Waals surface area contributed by atoms with Crippen molar-refractivity contribution in [3.05, 3.63) is 101 Å². The number of rotatable bonds is 3. The van der Waals surface area contributed by atoms with Crippen molar-refractivity contribution in [2.24, 2.45) is 0 Å². The molecule has 0 saturated heterocycles. The highest BCUT2D eigenvalue weighted by molar-refractivity contribution is 5.48. The molecule has 1 atom stereocenters. The standard InChI is InChI=1S/C20H17FO2/c1-14-2-4-15(5-3-14)20(23,16-6-10-18(21)11-7-16)17-8-12-19(22)13-9-17/h2-13,22-23H,1H3. The van der Waals surface area contributed by atoms with Crippen molar-refractivity contribution >= 4 is 0 Å². The first-order valence-electron chi connectivity index (χ1n) is 7.35. The number of aromatic hydroxyl groups is 1. The summed E-state index contributed by atoms with van der Waals surface area (Å²) in [6.07, 6.45) is 0. The molecule has 3 heteroatoms. The first kappa shape index (κ1) is 15.3. The van der Waals surface area contributed by atoms with E-state index in [1.54, 1.807) is 24.3 Å². The fourth-order valence-corrected chi connectivity index (χ4v) is 2.69. The minimum absolute atomic E-state index is 0.124. The second-order valence-electron chi connectivity index (χ2n) is 5.63. The van der Waals surface area contributed by atoms with Crippen LogP contribution in [0.2, 0.25) is 0 Å². The SMILES string of the molecule is Cc1ccc(C(O)(c2ccc(O)cc2)c2ccc(F)cc2)cc1. The minimum Gasteiger partial charge on any atom is -0.508 e. The Balaban J connectivity index is 2.21. The Morgan fingerprint density at radius 3 is 1.57 bits per heavy atom. The fraction of sp³-hybridized carbons (Fsp3) is 0.100. The van der Waals surface area contributed by atoms with Crippen LogP contribution in [-0.4, -0.2) is 10.2 Å². The van der Waals surface area contributed by atoms with Crippen molar-refractivity contribution in [2.75, 3.05) is 0 Å². The molecule has 0 aliphatic rings. The molecule has 2 N–H and O–H groups in total. The Hall–Kier alpha value is -2.65. The molecule has 0 aromatic heterocycles. The lowest BCUT2D eigenvalue weighted by atomic mass is 9.80. The number of phenolic OH excluding ortho intramolecular Hbond substituents is 1. The molecule has 0 radical (unpaired) electrons. The predicted molar refractivity (Wildman–Crippen MR) is 87.8 cm³/mol. The summed E-state index contributed by atoms with van der Waals surface area (Å²) in [6, 6.07) is 19.7. The van der Waals surface area contributed by atoms with Gasteiger partial charge in [0.25, 0.3) is 0 Å². The van der Waals surface area contributed by atoms with E-state index in [1.165, 1.54) is 24.3 Å². The van der Waals surface area contributed by atoms with Gasteiger partial charge in [0.2, 0.25) is 0 Å². The number of aryl methyl sites for hydroxylation is 1. The summed E-state index contributed by atoms with van der Waals surface area (Å²) in [7, 11) is 0. The average Bonchev–Trinajstić information content (AvgIpc) is 2.56. The lowest BCUT2D eigenvalue weighted by Gasteiger charge is -2.30. The van der Waals surface area contributed by atoms with Gasteiger partial charge in [-0.3, -0.25) is 0 Å². The van der Waals surface area contributed by atoms with E-state index in [0.717, 1.165) is 5.56 Å². The Morgan fingerprint density at radius 2 is 1.09 bits per heavy atom. The van der Waals surface area contributed by atoms with E-state index in [4.69, 9.17) is 0 Å². The van der Waals surface area contributed by atoms with Gasteiger partial charge in [-0.25, -0.2) is 4.39 Å². The number of hydrogen-bond donors (Lipinski definition) is 2. The molecule has 3 aromatic carbocycles. The maximum Gasteiger partial charge on any atom is 0.140 e. The Bertz CT molecular complexity index is 680. The maximum absolute atomic E-state index is 13.3. The minimum atomic E-state index is -1.42. The number of phenols is 1. The van der Waals surface area contributed by atoms with E-state index in [0.29, 0.717) is 16.7 Å². The summed E-state index contributed by atoms with van der Waals surface area (Å²) in [5.74, 6) is -0.232. The Labute approximate surface area is 134 Å². The third kappa shape index (κ3) is 2.83. The summed E-state index contributed by atoms with van der Waals surface area (Å²) in [6.45, 7) is 1.97. The van der Waals surface area contributed by atoms with Crippen LogP contribution in [0.15, 0.2) is 72.8 Å². The van der Waals surface area contributed by atoms with Gasteiger partial charge in [-0.15, -0.1) is 0 Å². The molecule has 0 saturated carbocycles. The summed E-state index contributed by atoms with van der Waals surface area (Å²) in [5.41, 5.74) is 1.51. The van der Waals surface area contributed by atoms with Crippen LogP contribution >= 0.6 is 0 Å². The topological polar surface area (TPSA) is 40.5 Å². The van der Waals surface area contributed by atoms with E-state index in [-0.39, 0.29) is 11.6 Å². The summed E-state index contributed by atoms with van der Waals surface area (Å²) >= 11 is 0. The zero-order valence-corrected chi connectivity index (χ0v) is 12.7. The molecule has 116 valence electrons. The second kappa shape index (κ2) is 5.86. The van der Waals surface area contributed by atoms with E-state index in [9.17, 15) is 14.6 Å². The van der Waals surface area contributed by atoms with Gasteiger partial charge >= 0.3 is 0 Å². The third-order valence-electron chi connectivity index (χ3n) is 4.02. The number of hydrogen-bond acceptors (Lipinski definition) is 2. The normalized spacial score (nSPS) is 13.5. The van der Waals surface area contributed by atoms with Crippen LogP contribution in [0, 0.1) is 12.7 Å². The highest BCUT2D eigenvalue weighted by Crippen LogP contribution is 2.37. The molecule has 0 fully saturated rings. The van der Waals surface area contributed by atoms with Crippen LogP contribution in [0.25, 0.3) is 0 Å². The first-order chi connectivity index (χ1) is 11.0.